The lowest BCUT2D eigenvalue weighted by Gasteiger charge is -2.36. The van der Waals surface area contributed by atoms with Gasteiger partial charge in [-0.25, -0.2) is 0 Å². The van der Waals surface area contributed by atoms with Gasteiger partial charge in [-0.05, 0) is 45.3 Å². The second-order valence-corrected chi connectivity index (χ2v) is 5.91. The minimum atomic E-state index is 0.228. The van der Waals surface area contributed by atoms with Crippen LogP contribution in [0.1, 0.15) is 26.2 Å². The van der Waals surface area contributed by atoms with E-state index in [0.29, 0.717) is 0 Å². The molecule has 0 aliphatic carbocycles. The van der Waals surface area contributed by atoms with E-state index in [1.54, 1.807) is 6.92 Å². The van der Waals surface area contributed by atoms with Crippen molar-refractivity contribution in [3.8, 4) is 0 Å². The summed E-state index contributed by atoms with van der Waals surface area (Å²) in [5.41, 5.74) is 0. The molecule has 0 radical (unpaired) electrons. The van der Waals surface area contributed by atoms with Crippen LogP contribution in [0.25, 0.3) is 0 Å². The van der Waals surface area contributed by atoms with Crippen molar-refractivity contribution in [1.82, 2.24) is 14.7 Å². The highest BCUT2D eigenvalue weighted by atomic mass is 16.2. The number of hydrogen-bond acceptors (Lipinski definition) is 3. The van der Waals surface area contributed by atoms with Gasteiger partial charge in [-0.3, -0.25) is 9.69 Å². The van der Waals surface area contributed by atoms with Crippen molar-refractivity contribution in [3.05, 3.63) is 0 Å². The molecule has 2 fully saturated rings. The van der Waals surface area contributed by atoms with Crippen LogP contribution in [-0.2, 0) is 4.79 Å². The molecule has 0 aromatic heterocycles. The lowest BCUT2D eigenvalue weighted by atomic mass is 10.00. The first kappa shape index (κ1) is 13.8. The fourth-order valence-electron chi connectivity index (χ4n) is 3.10. The summed E-state index contributed by atoms with van der Waals surface area (Å²) in [6.45, 7) is 9.38. The maximum atomic E-state index is 11.3. The number of piperazine rings is 1. The first-order valence-corrected chi connectivity index (χ1v) is 7.31. The summed E-state index contributed by atoms with van der Waals surface area (Å²) < 4.78 is 0. The molecule has 4 nitrogen and oxygen atoms in total. The number of nitrogens with zero attached hydrogens (tertiary/aromatic N) is 3. The predicted octanol–water partition coefficient (Wildman–Crippen LogP) is 0.882. The summed E-state index contributed by atoms with van der Waals surface area (Å²) >= 11 is 0. The zero-order valence-corrected chi connectivity index (χ0v) is 11.9. The summed E-state index contributed by atoms with van der Waals surface area (Å²) in [5.74, 6) is 1.09. The van der Waals surface area contributed by atoms with Crippen molar-refractivity contribution in [2.75, 3.05) is 52.9 Å². The number of amides is 1. The van der Waals surface area contributed by atoms with Crippen molar-refractivity contribution in [2.45, 2.75) is 26.2 Å². The Morgan fingerprint density at radius 1 is 1.06 bits per heavy atom. The summed E-state index contributed by atoms with van der Waals surface area (Å²) in [6.07, 6.45) is 4.05. The Kier molecular flexibility index (Phi) is 5.01. The van der Waals surface area contributed by atoms with Crippen LogP contribution in [0.2, 0.25) is 0 Å². The molecule has 0 bridgehead atoms. The first-order chi connectivity index (χ1) is 8.65. The van der Waals surface area contributed by atoms with Gasteiger partial charge in [-0.2, -0.15) is 0 Å². The molecule has 0 aromatic carbocycles. The van der Waals surface area contributed by atoms with E-state index in [4.69, 9.17) is 0 Å². The first-order valence-electron chi connectivity index (χ1n) is 7.31. The normalized spacial score (nSPS) is 28.1. The topological polar surface area (TPSA) is 26.8 Å². The molecule has 1 unspecified atom stereocenters. The third-order valence-corrected chi connectivity index (χ3v) is 4.41. The molecule has 1 atom stereocenters. The lowest BCUT2D eigenvalue weighted by Crippen LogP contribution is -2.49. The second kappa shape index (κ2) is 6.53. The van der Waals surface area contributed by atoms with Crippen LogP contribution in [0.4, 0.5) is 0 Å². The Morgan fingerprint density at radius 2 is 1.78 bits per heavy atom. The van der Waals surface area contributed by atoms with Gasteiger partial charge in [0, 0.05) is 39.6 Å². The van der Waals surface area contributed by atoms with Crippen molar-refractivity contribution in [2.24, 2.45) is 5.92 Å². The fraction of sp³-hybridized carbons (Fsp3) is 0.929. The molecule has 4 heteroatoms. The average molecular weight is 253 g/mol. The molecule has 104 valence electrons. The van der Waals surface area contributed by atoms with Gasteiger partial charge in [-0.1, -0.05) is 0 Å². The van der Waals surface area contributed by atoms with E-state index in [1.807, 2.05) is 4.90 Å². The molecule has 2 aliphatic heterocycles. The Morgan fingerprint density at radius 3 is 2.44 bits per heavy atom. The third-order valence-electron chi connectivity index (χ3n) is 4.41. The predicted molar refractivity (Wildman–Crippen MR) is 73.5 cm³/mol. The minimum absolute atomic E-state index is 0.228. The molecule has 1 amide bonds. The van der Waals surface area contributed by atoms with E-state index in [9.17, 15) is 4.79 Å². The quantitative estimate of drug-likeness (QED) is 0.731. The molecule has 0 saturated carbocycles. The fourth-order valence-corrected chi connectivity index (χ4v) is 3.10. The van der Waals surface area contributed by atoms with Gasteiger partial charge in [0.25, 0.3) is 0 Å². The molecule has 0 aromatic rings. The number of carbonyl (C=O) groups excluding carboxylic acids is 1. The van der Waals surface area contributed by atoms with E-state index in [-0.39, 0.29) is 5.91 Å². The molecule has 0 spiro atoms. The van der Waals surface area contributed by atoms with Crippen LogP contribution in [0.3, 0.4) is 0 Å². The third kappa shape index (κ3) is 3.95. The van der Waals surface area contributed by atoms with Crippen molar-refractivity contribution in [3.63, 3.8) is 0 Å². The number of hydrogen-bond donors (Lipinski definition) is 0. The van der Waals surface area contributed by atoms with Gasteiger partial charge < -0.3 is 9.80 Å². The summed E-state index contributed by atoms with van der Waals surface area (Å²) in [6, 6.07) is 0. The monoisotopic (exact) mass is 253 g/mol. The van der Waals surface area contributed by atoms with Crippen molar-refractivity contribution < 1.29 is 4.79 Å². The van der Waals surface area contributed by atoms with E-state index in [2.05, 4.69) is 16.8 Å². The number of carbonyl (C=O) groups is 1. The van der Waals surface area contributed by atoms with Gasteiger partial charge in [-0.15, -0.1) is 0 Å². The van der Waals surface area contributed by atoms with Gasteiger partial charge >= 0.3 is 0 Å². The highest BCUT2D eigenvalue weighted by Crippen LogP contribution is 2.18. The standard InChI is InChI=1S/C14H27N3O/c1-13(18)17-10-8-16(9-11-17)12-14-4-3-6-15(2)7-5-14/h14H,3-12H2,1-2H3. The molecule has 2 heterocycles. The van der Waals surface area contributed by atoms with Crippen molar-refractivity contribution >= 4 is 5.91 Å². The Labute approximate surface area is 111 Å². The zero-order valence-electron chi connectivity index (χ0n) is 11.9. The van der Waals surface area contributed by atoms with Gasteiger partial charge in [0.1, 0.15) is 0 Å². The Hall–Kier alpha value is -0.610. The van der Waals surface area contributed by atoms with E-state index in [0.717, 1.165) is 32.1 Å². The summed E-state index contributed by atoms with van der Waals surface area (Å²) in [5, 5.41) is 0. The summed E-state index contributed by atoms with van der Waals surface area (Å²) in [7, 11) is 2.23. The van der Waals surface area contributed by atoms with Crippen LogP contribution in [0, 0.1) is 5.92 Å². The highest BCUT2D eigenvalue weighted by Gasteiger charge is 2.22. The van der Waals surface area contributed by atoms with Crippen molar-refractivity contribution in [1.29, 1.82) is 0 Å². The SMILES string of the molecule is CC(=O)N1CCN(CC2CCCN(C)CC2)CC1. The minimum Gasteiger partial charge on any atom is -0.340 e. The molecule has 2 saturated heterocycles. The zero-order chi connectivity index (χ0) is 13.0. The molecular formula is C14H27N3O. The Balaban J connectivity index is 1.72. The Bertz CT molecular complexity index is 274. The van der Waals surface area contributed by atoms with E-state index in [1.165, 1.54) is 38.9 Å². The van der Waals surface area contributed by atoms with E-state index >= 15 is 0 Å². The van der Waals surface area contributed by atoms with Gasteiger partial charge in [0.05, 0.1) is 0 Å². The maximum Gasteiger partial charge on any atom is 0.219 e. The number of rotatable bonds is 2. The smallest absolute Gasteiger partial charge is 0.219 e. The van der Waals surface area contributed by atoms with Crippen LogP contribution < -0.4 is 0 Å². The highest BCUT2D eigenvalue weighted by molar-refractivity contribution is 5.73. The van der Waals surface area contributed by atoms with Crippen LogP contribution in [0.5, 0.6) is 0 Å². The molecule has 0 N–H and O–H groups in total. The largest absolute Gasteiger partial charge is 0.340 e. The lowest BCUT2D eigenvalue weighted by molar-refractivity contribution is -0.130. The average Bonchev–Trinajstić information content (AvgIpc) is 2.55. The summed E-state index contributed by atoms with van der Waals surface area (Å²) in [4.78, 5) is 18.3. The van der Waals surface area contributed by atoms with Crippen LogP contribution >= 0.6 is 0 Å². The molecule has 2 aliphatic rings. The van der Waals surface area contributed by atoms with Gasteiger partial charge in [0.2, 0.25) is 5.91 Å². The van der Waals surface area contributed by atoms with Crippen LogP contribution in [-0.4, -0.2) is 73.5 Å². The maximum absolute atomic E-state index is 11.3. The van der Waals surface area contributed by atoms with Crippen LogP contribution in [0.15, 0.2) is 0 Å². The molecule has 2 rings (SSSR count). The van der Waals surface area contributed by atoms with Gasteiger partial charge in [0.15, 0.2) is 0 Å². The molecule has 18 heavy (non-hydrogen) atoms. The number of likely N-dealkylation sites (tertiary alicyclic amines) is 1. The second-order valence-electron chi connectivity index (χ2n) is 5.91. The van der Waals surface area contributed by atoms with E-state index < -0.39 is 0 Å². The molecular weight excluding hydrogens is 226 g/mol.